The van der Waals surface area contributed by atoms with E-state index in [-0.39, 0.29) is 25.7 Å². The second kappa shape index (κ2) is 67.9. The van der Waals surface area contributed by atoms with Gasteiger partial charge in [-0.2, -0.15) is 0 Å². The molecule has 0 aromatic heterocycles. The summed E-state index contributed by atoms with van der Waals surface area (Å²) in [7, 11) is -9.90. The third-order valence-electron chi connectivity index (χ3n) is 18.1. The molecule has 3 unspecified atom stereocenters. The van der Waals surface area contributed by atoms with Crippen molar-refractivity contribution >= 4 is 39.5 Å². The Morgan fingerprint density at radius 2 is 0.537 bits per heavy atom. The summed E-state index contributed by atoms with van der Waals surface area (Å²) in [5.41, 5.74) is 0. The van der Waals surface area contributed by atoms with Crippen LogP contribution in [-0.2, 0) is 65.4 Å². The molecule has 0 fully saturated rings. The molecule has 0 aromatic carbocycles. The molecule has 0 saturated carbocycles. The zero-order chi connectivity index (χ0) is 70.0. The Balaban J connectivity index is 5.13. The van der Waals surface area contributed by atoms with Gasteiger partial charge in [0.05, 0.1) is 26.4 Å². The summed E-state index contributed by atoms with van der Waals surface area (Å²) in [5.74, 6) is -0.585. The normalized spacial score (nSPS) is 14.3. The number of hydrogen-bond donors (Lipinski definition) is 3. The second-order valence-corrected chi connectivity index (χ2v) is 31.0. The molecule has 0 saturated heterocycles. The van der Waals surface area contributed by atoms with E-state index in [0.717, 1.165) is 109 Å². The van der Waals surface area contributed by atoms with Crippen molar-refractivity contribution in [2.24, 2.45) is 11.8 Å². The van der Waals surface area contributed by atoms with Crippen LogP contribution in [0.2, 0.25) is 0 Å². The minimum Gasteiger partial charge on any atom is -0.462 e. The average Bonchev–Trinajstić information content (AvgIpc) is 1.83. The van der Waals surface area contributed by atoms with Gasteiger partial charge in [-0.15, -0.1) is 0 Å². The molecule has 95 heavy (non-hydrogen) atoms. The molecule has 19 heteroatoms. The number of phosphoric ester groups is 2. The number of esters is 4. The van der Waals surface area contributed by atoms with Crippen LogP contribution in [-0.4, -0.2) is 96.7 Å². The van der Waals surface area contributed by atoms with Crippen molar-refractivity contribution in [2.75, 3.05) is 39.6 Å². The second-order valence-electron chi connectivity index (χ2n) is 28.1. The van der Waals surface area contributed by atoms with Gasteiger partial charge >= 0.3 is 39.5 Å². The van der Waals surface area contributed by atoms with Crippen LogP contribution < -0.4 is 0 Å². The van der Waals surface area contributed by atoms with Crippen molar-refractivity contribution in [3.05, 3.63) is 0 Å². The van der Waals surface area contributed by atoms with Gasteiger partial charge in [0.2, 0.25) is 0 Å². The number of hydrogen-bond acceptors (Lipinski definition) is 15. The molecular formula is C76H148O17P2. The lowest BCUT2D eigenvalue weighted by Crippen LogP contribution is -2.30. The number of rotatable bonds is 75. The van der Waals surface area contributed by atoms with E-state index >= 15 is 0 Å². The van der Waals surface area contributed by atoms with E-state index in [4.69, 9.17) is 37.0 Å². The number of aliphatic hydroxyl groups is 1. The Morgan fingerprint density at radius 1 is 0.305 bits per heavy atom. The monoisotopic (exact) mass is 1400 g/mol. The third-order valence-corrected chi connectivity index (χ3v) is 20.0. The van der Waals surface area contributed by atoms with Crippen LogP contribution in [0.15, 0.2) is 0 Å². The highest BCUT2D eigenvalue weighted by Crippen LogP contribution is 2.45. The fourth-order valence-electron chi connectivity index (χ4n) is 11.6. The maximum Gasteiger partial charge on any atom is 0.472 e. The van der Waals surface area contributed by atoms with Crippen LogP contribution in [0.1, 0.15) is 395 Å². The van der Waals surface area contributed by atoms with Crippen LogP contribution in [0.25, 0.3) is 0 Å². The van der Waals surface area contributed by atoms with Gasteiger partial charge < -0.3 is 33.8 Å². The lowest BCUT2D eigenvalue weighted by Gasteiger charge is -2.21. The summed E-state index contributed by atoms with van der Waals surface area (Å²) < 4.78 is 68.3. The summed E-state index contributed by atoms with van der Waals surface area (Å²) in [6.07, 6.45) is 56.0. The predicted octanol–water partition coefficient (Wildman–Crippen LogP) is 22.3. The topological polar surface area (TPSA) is 237 Å². The van der Waals surface area contributed by atoms with Gasteiger partial charge in [-0.25, -0.2) is 9.13 Å². The lowest BCUT2D eigenvalue weighted by molar-refractivity contribution is -0.161. The zero-order valence-electron chi connectivity index (χ0n) is 62.0. The first-order valence-electron chi connectivity index (χ1n) is 39.5. The summed E-state index contributed by atoms with van der Waals surface area (Å²) in [6, 6.07) is 0. The standard InChI is InChI=1S/C76H148O17P2/c1-7-10-12-14-16-17-18-19-20-23-27-30-33-36-40-47-53-59-74(79)87-65-71(92-75(80)60-54-48-41-37-34-31-28-25-22-21-24-26-29-32-35-39-45-51-57-69(6)9-3)66-90-94(82,83)88-62-70(77)63-89-95(84,85)91-67-72(64-86-73(78)58-52-46-38-15-13-11-8-2)93-76(81)61-55-49-43-42-44-50-56-68(4)5/h68-72,77H,7-67H2,1-6H3,(H,82,83)(H,84,85)/t69?,70-,71-,72-/m1/s1. The van der Waals surface area contributed by atoms with E-state index in [2.05, 4.69) is 41.5 Å². The molecule has 0 aliphatic carbocycles. The van der Waals surface area contributed by atoms with E-state index < -0.39 is 97.5 Å². The van der Waals surface area contributed by atoms with E-state index in [1.54, 1.807) is 0 Å². The highest BCUT2D eigenvalue weighted by molar-refractivity contribution is 7.47. The molecule has 0 radical (unpaired) electrons. The maximum absolute atomic E-state index is 13.1. The van der Waals surface area contributed by atoms with Crippen molar-refractivity contribution in [2.45, 2.75) is 413 Å². The van der Waals surface area contributed by atoms with E-state index in [0.29, 0.717) is 31.6 Å². The Labute approximate surface area is 581 Å². The van der Waals surface area contributed by atoms with E-state index in [1.807, 2.05) is 0 Å². The quantitative estimate of drug-likeness (QED) is 0.0222. The van der Waals surface area contributed by atoms with Gasteiger partial charge in [0.25, 0.3) is 0 Å². The molecule has 6 atom stereocenters. The molecule has 17 nitrogen and oxygen atoms in total. The highest BCUT2D eigenvalue weighted by Gasteiger charge is 2.30. The van der Waals surface area contributed by atoms with Crippen molar-refractivity contribution in [3.63, 3.8) is 0 Å². The van der Waals surface area contributed by atoms with Crippen LogP contribution in [0.4, 0.5) is 0 Å². The smallest absolute Gasteiger partial charge is 0.462 e. The molecule has 3 N–H and O–H groups in total. The first-order valence-corrected chi connectivity index (χ1v) is 42.5. The Bertz CT molecular complexity index is 1840. The van der Waals surface area contributed by atoms with Crippen molar-refractivity contribution in [1.29, 1.82) is 0 Å². The Kier molecular flexibility index (Phi) is 66.5. The largest absolute Gasteiger partial charge is 0.472 e. The number of ether oxygens (including phenoxy) is 4. The number of unbranched alkanes of at least 4 members (excludes halogenated alkanes) is 44. The molecular weight excluding hydrogens is 1250 g/mol. The number of aliphatic hydroxyl groups excluding tert-OH is 1. The minimum absolute atomic E-state index is 0.102. The first-order chi connectivity index (χ1) is 45.9. The van der Waals surface area contributed by atoms with Gasteiger partial charge in [0.1, 0.15) is 19.3 Å². The van der Waals surface area contributed by atoms with Crippen LogP contribution in [0, 0.1) is 11.8 Å². The van der Waals surface area contributed by atoms with E-state index in [1.165, 1.54) is 199 Å². The van der Waals surface area contributed by atoms with Gasteiger partial charge in [-0.1, -0.05) is 343 Å². The lowest BCUT2D eigenvalue weighted by atomic mass is 9.99. The molecule has 0 aromatic rings. The van der Waals surface area contributed by atoms with E-state index in [9.17, 15) is 43.2 Å². The molecule has 0 aliphatic heterocycles. The zero-order valence-corrected chi connectivity index (χ0v) is 63.8. The summed E-state index contributed by atoms with van der Waals surface area (Å²) in [4.78, 5) is 72.5. The van der Waals surface area contributed by atoms with Gasteiger partial charge in [0, 0.05) is 25.7 Å². The van der Waals surface area contributed by atoms with Crippen molar-refractivity contribution in [1.82, 2.24) is 0 Å². The van der Waals surface area contributed by atoms with Gasteiger partial charge in [-0.05, 0) is 37.5 Å². The first kappa shape index (κ1) is 93.1. The summed E-state index contributed by atoms with van der Waals surface area (Å²) in [6.45, 7) is 9.52. The fourth-order valence-corrected chi connectivity index (χ4v) is 13.2. The Hall–Kier alpha value is -1.94. The van der Waals surface area contributed by atoms with Crippen molar-refractivity contribution < 1.29 is 80.2 Å². The molecule has 564 valence electrons. The van der Waals surface area contributed by atoms with Crippen molar-refractivity contribution in [3.8, 4) is 0 Å². The third kappa shape index (κ3) is 69.0. The molecule has 0 bridgehead atoms. The molecule has 0 amide bonds. The summed E-state index contributed by atoms with van der Waals surface area (Å²) in [5, 5.41) is 10.6. The highest BCUT2D eigenvalue weighted by atomic mass is 31.2. The SMILES string of the molecule is CCCCCCCCCCCCCCCCCCCC(=O)OC[C@H](COP(=O)(O)OC[C@@H](O)COP(=O)(O)OC[C@@H](COC(=O)CCCCCCCCC)OC(=O)CCCCCCCCC(C)C)OC(=O)CCCCCCCCCCCCCCCCCCCCC(C)CC. The molecule has 0 spiro atoms. The van der Waals surface area contributed by atoms with Crippen LogP contribution in [0.5, 0.6) is 0 Å². The number of phosphoric acid groups is 2. The minimum atomic E-state index is -4.96. The van der Waals surface area contributed by atoms with Gasteiger partial charge in [0.15, 0.2) is 12.2 Å². The maximum atomic E-state index is 13.1. The molecule has 0 rings (SSSR count). The average molecular weight is 1400 g/mol. The van der Waals surface area contributed by atoms with Crippen LogP contribution in [0.3, 0.4) is 0 Å². The van der Waals surface area contributed by atoms with Gasteiger partial charge in [-0.3, -0.25) is 37.3 Å². The summed E-state index contributed by atoms with van der Waals surface area (Å²) >= 11 is 0. The Morgan fingerprint density at radius 3 is 0.800 bits per heavy atom. The molecule has 0 aliphatic rings. The predicted molar refractivity (Wildman–Crippen MR) is 386 cm³/mol. The molecule has 0 heterocycles. The van der Waals surface area contributed by atoms with Crippen LogP contribution >= 0.6 is 15.6 Å². The number of carbonyl (C=O) groups is 4. The number of carbonyl (C=O) groups excluding carboxylic acids is 4. The fraction of sp³-hybridized carbons (Fsp3) is 0.947.